The molecule has 3 N–H and O–H groups in total. The summed E-state index contributed by atoms with van der Waals surface area (Å²) in [5, 5.41) is 0. The number of benzene rings is 1. The van der Waals surface area contributed by atoms with E-state index in [9.17, 15) is 14.4 Å². The topological polar surface area (TPSA) is 110 Å². The molecule has 0 amide bonds. The molecule has 1 aromatic heterocycles. The molecule has 9 heteroatoms. The maximum absolute atomic E-state index is 12.6. The monoisotopic (exact) mass is 388 g/mol. The number of hydrogen-bond acceptors (Lipinski definition) is 7. The molecule has 1 aliphatic carbocycles. The lowest BCUT2D eigenvalue weighted by atomic mass is 10.2. The number of aromatic nitrogens is 2. The standard InChI is InChI=1S/C17H16N4O3S2/c18-14-13(15(23)20-16(24)21(14)10-5-6-10)12(22)8-26-17-19-11-4-2-1-3-9(11)7-25-17/h1-4,10H,5-8,18H2,(H,20,23,24). The summed E-state index contributed by atoms with van der Waals surface area (Å²) in [6, 6.07) is 7.84. The Kier molecular flexibility index (Phi) is 4.49. The first-order valence-electron chi connectivity index (χ1n) is 8.14. The van der Waals surface area contributed by atoms with E-state index in [0.29, 0.717) is 0 Å². The van der Waals surface area contributed by atoms with Gasteiger partial charge in [0.25, 0.3) is 5.56 Å². The highest BCUT2D eigenvalue weighted by molar-refractivity contribution is 8.38. The van der Waals surface area contributed by atoms with Gasteiger partial charge in [0.05, 0.1) is 11.4 Å². The van der Waals surface area contributed by atoms with Gasteiger partial charge in [-0.1, -0.05) is 41.7 Å². The van der Waals surface area contributed by atoms with Gasteiger partial charge in [0.1, 0.15) is 15.8 Å². The van der Waals surface area contributed by atoms with Gasteiger partial charge in [0.15, 0.2) is 5.78 Å². The second-order valence-corrected chi connectivity index (χ2v) is 8.31. The predicted molar refractivity (Wildman–Crippen MR) is 106 cm³/mol. The first kappa shape index (κ1) is 17.2. The number of carbonyl (C=O) groups excluding carboxylic acids is 1. The molecule has 1 aliphatic heterocycles. The van der Waals surface area contributed by atoms with Crippen LogP contribution in [0, 0.1) is 0 Å². The van der Waals surface area contributed by atoms with E-state index in [0.717, 1.165) is 34.2 Å². The van der Waals surface area contributed by atoms with Crippen LogP contribution < -0.4 is 17.0 Å². The fraction of sp³-hybridized carbons (Fsp3) is 0.294. The number of H-pyrrole nitrogens is 1. The van der Waals surface area contributed by atoms with Gasteiger partial charge in [-0.3, -0.25) is 19.1 Å². The third kappa shape index (κ3) is 3.24. The molecule has 0 bridgehead atoms. The number of carbonyl (C=O) groups is 1. The van der Waals surface area contributed by atoms with Crippen LogP contribution in [0.25, 0.3) is 0 Å². The van der Waals surface area contributed by atoms with Gasteiger partial charge in [-0.05, 0) is 24.5 Å². The number of anilines is 1. The fourth-order valence-corrected chi connectivity index (χ4v) is 4.75. The van der Waals surface area contributed by atoms with Crippen LogP contribution in [-0.4, -0.2) is 25.5 Å². The summed E-state index contributed by atoms with van der Waals surface area (Å²) in [5.74, 6) is 0.413. The Hall–Kier alpha value is -2.26. The lowest BCUT2D eigenvalue weighted by Crippen LogP contribution is -2.36. The summed E-state index contributed by atoms with van der Waals surface area (Å²) < 4.78 is 2.10. The van der Waals surface area contributed by atoms with Crippen molar-refractivity contribution in [1.29, 1.82) is 0 Å². The van der Waals surface area contributed by atoms with Crippen LogP contribution in [0.1, 0.15) is 34.8 Å². The second-order valence-electron chi connectivity index (χ2n) is 6.13. The van der Waals surface area contributed by atoms with Crippen molar-refractivity contribution >= 4 is 45.2 Å². The van der Waals surface area contributed by atoms with Crippen molar-refractivity contribution in [2.45, 2.75) is 24.6 Å². The lowest BCUT2D eigenvalue weighted by molar-refractivity contribution is 0.102. The molecule has 2 aliphatic rings. The zero-order valence-electron chi connectivity index (χ0n) is 13.7. The highest BCUT2D eigenvalue weighted by Gasteiger charge is 2.30. The number of hydrogen-bond donors (Lipinski definition) is 2. The quantitative estimate of drug-likeness (QED) is 0.778. The Morgan fingerprint density at radius 3 is 2.88 bits per heavy atom. The Labute approximate surface area is 157 Å². The Bertz CT molecular complexity index is 1040. The van der Waals surface area contributed by atoms with Crippen molar-refractivity contribution in [3.63, 3.8) is 0 Å². The van der Waals surface area contributed by atoms with E-state index in [4.69, 9.17) is 5.73 Å². The van der Waals surface area contributed by atoms with E-state index in [1.54, 1.807) is 11.8 Å². The summed E-state index contributed by atoms with van der Waals surface area (Å²) in [7, 11) is 0. The van der Waals surface area contributed by atoms with Crippen molar-refractivity contribution in [3.8, 4) is 0 Å². The van der Waals surface area contributed by atoms with Crippen LogP contribution in [0.15, 0.2) is 38.8 Å². The average Bonchev–Trinajstić information content (AvgIpc) is 3.44. The summed E-state index contributed by atoms with van der Waals surface area (Å²) >= 11 is 2.84. The summed E-state index contributed by atoms with van der Waals surface area (Å²) in [6.07, 6.45) is 1.65. The van der Waals surface area contributed by atoms with Crippen LogP contribution in [0.5, 0.6) is 0 Å². The van der Waals surface area contributed by atoms with Crippen LogP contribution in [0.4, 0.5) is 11.5 Å². The number of nitrogens with one attached hydrogen (secondary N) is 1. The number of nitrogens with zero attached hydrogens (tertiary/aromatic N) is 2. The molecule has 2 aromatic rings. The Morgan fingerprint density at radius 1 is 1.35 bits per heavy atom. The minimum absolute atomic E-state index is 0.0201. The second kappa shape index (κ2) is 6.81. The van der Waals surface area contributed by atoms with E-state index >= 15 is 0 Å². The van der Waals surface area contributed by atoms with Gasteiger partial charge in [-0.25, -0.2) is 9.79 Å². The first-order valence-corrected chi connectivity index (χ1v) is 10.1. The van der Waals surface area contributed by atoms with E-state index in [1.807, 2.05) is 24.3 Å². The molecular weight excluding hydrogens is 372 g/mol. The number of nitrogens with two attached hydrogens (primary N) is 1. The van der Waals surface area contributed by atoms with Crippen LogP contribution >= 0.6 is 23.5 Å². The molecule has 26 heavy (non-hydrogen) atoms. The normalized spacial score (nSPS) is 16.1. The van der Waals surface area contributed by atoms with E-state index in [2.05, 4.69) is 9.98 Å². The number of rotatable bonds is 4. The van der Waals surface area contributed by atoms with Gasteiger partial charge in [0, 0.05) is 11.8 Å². The fourth-order valence-electron chi connectivity index (χ4n) is 2.82. The molecule has 0 radical (unpaired) electrons. The van der Waals surface area contributed by atoms with Crippen molar-refractivity contribution in [2.75, 3.05) is 11.5 Å². The molecule has 7 nitrogen and oxygen atoms in total. The largest absolute Gasteiger partial charge is 0.384 e. The number of nitrogen functional groups attached to an aromatic ring is 1. The van der Waals surface area contributed by atoms with Gasteiger partial charge in [-0.15, -0.1) is 0 Å². The Morgan fingerprint density at radius 2 is 2.12 bits per heavy atom. The van der Waals surface area contributed by atoms with E-state index in [-0.39, 0.29) is 23.2 Å². The molecule has 4 rings (SSSR count). The van der Waals surface area contributed by atoms with Crippen molar-refractivity contribution in [1.82, 2.24) is 9.55 Å². The Balaban J connectivity index is 1.55. The van der Waals surface area contributed by atoms with E-state index < -0.39 is 17.0 Å². The van der Waals surface area contributed by atoms with Crippen molar-refractivity contribution in [2.24, 2.45) is 4.99 Å². The van der Waals surface area contributed by atoms with Crippen LogP contribution in [0.2, 0.25) is 0 Å². The van der Waals surface area contributed by atoms with Crippen molar-refractivity contribution in [3.05, 3.63) is 56.2 Å². The zero-order chi connectivity index (χ0) is 18.3. The third-order valence-electron chi connectivity index (χ3n) is 4.25. The SMILES string of the molecule is Nc1c(C(=O)CSC2=Nc3ccccc3CS2)c(=O)[nH]c(=O)n1C1CC1. The highest BCUT2D eigenvalue weighted by atomic mass is 32.2. The number of aromatic amines is 1. The van der Waals surface area contributed by atoms with Gasteiger partial charge in [-0.2, -0.15) is 0 Å². The smallest absolute Gasteiger partial charge is 0.330 e. The molecule has 0 spiro atoms. The summed E-state index contributed by atoms with van der Waals surface area (Å²) in [4.78, 5) is 43.4. The molecule has 0 unspecified atom stereocenters. The number of fused-ring (bicyclic) bond motifs is 1. The lowest BCUT2D eigenvalue weighted by Gasteiger charge is -2.14. The maximum Gasteiger partial charge on any atom is 0.330 e. The number of ketones is 1. The maximum atomic E-state index is 12.6. The summed E-state index contributed by atoms with van der Waals surface area (Å²) in [5.41, 5.74) is 6.63. The number of aliphatic imine (C=N–C) groups is 1. The minimum Gasteiger partial charge on any atom is -0.384 e. The molecule has 1 aromatic carbocycles. The molecule has 1 saturated carbocycles. The van der Waals surface area contributed by atoms with E-state index in [1.165, 1.54) is 16.3 Å². The van der Waals surface area contributed by atoms with Gasteiger partial charge >= 0.3 is 5.69 Å². The third-order valence-corrected chi connectivity index (χ3v) is 6.50. The molecule has 2 heterocycles. The highest BCUT2D eigenvalue weighted by Crippen LogP contribution is 2.36. The molecule has 0 saturated heterocycles. The summed E-state index contributed by atoms with van der Waals surface area (Å²) in [6.45, 7) is 0. The zero-order valence-corrected chi connectivity index (χ0v) is 15.4. The van der Waals surface area contributed by atoms with Crippen molar-refractivity contribution < 1.29 is 4.79 Å². The number of Topliss-reactive ketones (excluding diaryl/α,β-unsaturated/α-hetero) is 1. The number of para-hydroxylation sites is 1. The molecule has 1 fully saturated rings. The number of thioether (sulfide) groups is 2. The van der Waals surface area contributed by atoms with Crippen LogP contribution in [-0.2, 0) is 5.75 Å². The first-order chi connectivity index (χ1) is 12.5. The predicted octanol–water partition coefficient (Wildman–Crippen LogP) is 2.30. The minimum atomic E-state index is -0.724. The van der Waals surface area contributed by atoms with Gasteiger partial charge < -0.3 is 5.73 Å². The molecular formula is C17H16N4O3S2. The van der Waals surface area contributed by atoms with Crippen LogP contribution in [0.3, 0.4) is 0 Å². The molecule has 134 valence electrons. The average molecular weight is 388 g/mol. The molecule has 0 atom stereocenters. The van der Waals surface area contributed by atoms with Gasteiger partial charge in [0.2, 0.25) is 0 Å².